The van der Waals surface area contributed by atoms with Gasteiger partial charge in [-0.3, -0.25) is 0 Å². The van der Waals surface area contributed by atoms with Gasteiger partial charge in [0.2, 0.25) is 0 Å². The highest BCUT2D eigenvalue weighted by molar-refractivity contribution is 6.31. The molecule has 1 atom stereocenters. The number of rotatable bonds is 4. The van der Waals surface area contributed by atoms with Crippen molar-refractivity contribution in [1.29, 1.82) is 0 Å². The van der Waals surface area contributed by atoms with E-state index in [4.69, 9.17) is 16.7 Å². The summed E-state index contributed by atoms with van der Waals surface area (Å²) in [7, 11) is 0. The molecule has 0 saturated carbocycles. The Balaban J connectivity index is 2.72. The Bertz CT molecular complexity index is 338. The molecule has 5 heteroatoms. The van der Waals surface area contributed by atoms with Gasteiger partial charge in [-0.2, -0.15) is 13.2 Å². The molecule has 0 aliphatic carbocycles. The van der Waals surface area contributed by atoms with Crippen molar-refractivity contribution >= 4 is 11.6 Å². The van der Waals surface area contributed by atoms with Crippen LogP contribution in [0.4, 0.5) is 13.2 Å². The van der Waals surface area contributed by atoms with E-state index in [-0.39, 0.29) is 13.0 Å². The lowest BCUT2D eigenvalue weighted by Gasteiger charge is -2.16. The van der Waals surface area contributed by atoms with Crippen LogP contribution in [0.5, 0.6) is 0 Å². The van der Waals surface area contributed by atoms with Gasteiger partial charge >= 0.3 is 6.18 Å². The maximum absolute atomic E-state index is 12.1. The van der Waals surface area contributed by atoms with E-state index < -0.39 is 18.5 Å². The van der Waals surface area contributed by atoms with Crippen molar-refractivity contribution in [2.45, 2.75) is 24.9 Å². The van der Waals surface area contributed by atoms with Gasteiger partial charge in [0.05, 0.1) is 0 Å². The van der Waals surface area contributed by atoms with Gasteiger partial charge in [0.25, 0.3) is 0 Å². The second-order valence-electron chi connectivity index (χ2n) is 3.55. The normalized spacial score (nSPS) is 13.8. The number of halogens is 4. The summed E-state index contributed by atoms with van der Waals surface area (Å²) in [5, 5.41) is 9.47. The van der Waals surface area contributed by atoms with E-state index in [0.717, 1.165) is 0 Å². The molecular weight excluding hydrogens is 241 g/mol. The second kappa shape index (κ2) is 5.55. The van der Waals surface area contributed by atoms with E-state index in [2.05, 4.69) is 0 Å². The minimum Gasteiger partial charge on any atom is -0.396 e. The molecule has 0 bridgehead atoms. The molecule has 1 aromatic carbocycles. The molecule has 0 aliphatic rings. The van der Waals surface area contributed by atoms with Crippen molar-refractivity contribution in [3.05, 3.63) is 34.9 Å². The van der Waals surface area contributed by atoms with Crippen LogP contribution in [0.15, 0.2) is 24.3 Å². The van der Waals surface area contributed by atoms with Gasteiger partial charge in [0.1, 0.15) is 0 Å². The lowest BCUT2D eigenvalue weighted by Crippen LogP contribution is -2.12. The topological polar surface area (TPSA) is 20.2 Å². The quantitative estimate of drug-likeness (QED) is 0.865. The van der Waals surface area contributed by atoms with Crippen LogP contribution >= 0.6 is 11.6 Å². The monoisotopic (exact) mass is 252 g/mol. The first-order valence-corrected chi connectivity index (χ1v) is 5.24. The third-order valence-corrected chi connectivity index (χ3v) is 2.69. The van der Waals surface area contributed by atoms with Crippen LogP contribution in [-0.2, 0) is 0 Å². The molecule has 0 amide bonds. The fourth-order valence-electron chi connectivity index (χ4n) is 1.49. The number of hydrogen-bond donors (Lipinski definition) is 1. The van der Waals surface area contributed by atoms with Crippen LogP contribution in [0.1, 0.15) is 24.3 Å². The van der Waals surface area contributed by atoms with Crippen LogP contribution < -0.4 is 0 Å². The zero-order chi connectivity index (χ0) is 12.2. The third-order valence-electron chi connectivity index (χ3n) is 2.34. The predicted octanol–water partition coefficient (Wildman–Crippen LogP) is 3.76. The van der Waals surface area contributed by atoms with E-state index in [0.29, 0.717) is 10.6 Å². The summed E-state index contributed by atoms with van der Waals surface area (Å²) >= 11 is 5.86. The summed E-state index contributed by atoms with van der Waals surface area (Å²) in [5.41, 5.74) is 0.566. The zero-order valence-electron chi connectivity index (χ0n) is 8.47. The molecule has 1 aromatic rings. The van der Waals surface area contributed by atoms with E-state index >= 15 is 0 Å². The lowest BCUT2D eigenvalue weighted by atomic mass is 9.95. The molecule has 0 radical (unpaired) electrons. The molecular formula is C11H12ClF3O. The number of alkyl halides is 3. The molecule has 90 valence electrons. The highest BCUT2D eigenvalue weighted by atomic mass is 35.5. The standard InChI is InChI=1S/C11H12ClF3O/c12-10-4-2-1-3-9(10)8(7-16)5-6-11(13,14)15/h1-4,8,16H,5-7H2. The SMILES string of the molecule is OCC(CCC(F)(F)F)c1ccccc1Cl. The maximum Gasteiger partial charge on any atom is 0.389 e. The molecule has 0 aromatic heterocycles. The first-order chi connectivity index (χ1) is 7.44. The maximum atomic E-state index is 12.1. The van der Waals surface area contributed by atoms with Crippen molar-refractivity contribution in [3.63, 3.8) is 0 Å². The molecule has 16 heavy (non-hydrogen) atoms. The van der Waals surface area contributed by atoms with Gasteiger partial charge in [-0.25, -0.2) is 0 Å². The highest BCUT2D eigenvalue weighted by Gasteiger charge is 2.28. The van der Waals surface area contributed by atoms with Crippen LogP contribution in [0.2, 0.25) is 5.02 Å². The zero-order valence-corrected chi connectivity index (χ0v) is 9.22. The average Bonchev–Trinajstić information content (AvgIpc) is 2.20. The Morgan fingerprint density at radius 2 is 1.88 bits per heavy atom. The van der Waals surface area contributed by atoms with E-state index in [1.807, 2.05) is 0 Å². The van der Waals surface area contributed by atoms with Gasteiger partial charge in [0, 0.05) is 24.0 Å². The van der Waals surface area contributed by atoms with Crippen LogP contribution in [0, 0.1) is 0 Å². The van der Waals surface area contributed by atoms with Crippen molar-refractivity contribution in [2.75, 3.05) is 6.61 Å². The van der Waals surface area contributed by atoms with Gasteiger partial charge in [-0.05, 0) is 18.1 Å². The largest absolute Gasteiger partial charge is 0.396 e. The first kappa shape index (κ1) is 13.3. The Morgan fingerprint density at radius 3 is 2.38 bits per heavy atom. The first-order valence-electron chi connectivity index (χ1n) is 4.86. The van der Waals surface area contributed by atoms with Crippen molar-refractivity contribution in [1.82, 2.24) is 0 Å². The highest BCUT2D eigenvalue weighted by Crippen LogP contribution is 2.31. The minimum absolute atomic E-state index is 0.149. The van der Waals surface area contributed by atoms with Gasteiger partial charge in [0.15, 0.2) is 0 Å². The fraction of sp³-hybridized carbons (Fsp3) is 0.455. The predicted molar refractivity (Wildman–Crippen MR) is 56.6 cm³/mol. The molecule has 0 fully saturated rings. The number of benzene rings is 1. The Morgan fingerprint density at radius 1 is 1.25 bits per heavy atom. The summed E-state index contributed by atoms with van der Waals surface area (Å²) < 4.78 is 36.2. The molecule has 0 saturated heterocycles. The number of aliphatic hydroxyl groups excluding tert-OH is 1. The molecule has 0 heterocycles. The van der Waals surface area contributed by atoms with Crippen molar-refractivity contribution in [3.8, 4) is 0 Å². The Hall–Kier alpha value is -0.740. The smallest absolute Gasteiger partial charge is 0.389 e. The Labute approximate surface area is 96.9 Å². The summed E-state index contributed by atoms with van der Waals surface area (Å²) in [4.78, 5) is 0. The summed E-state index contributed by atoms with van der Waals surface area (Å²) in [6, 6.07) is 6.63. The van der Waals surface area contributed by atoms with Crippen molar-refractivity contribution in [2.24, 2.45) is 0 Å². The fourth-order valence-corrected chi connectivity index (χ4v) is 1.78. The molecule has 1 rings (SSSR count). The summed E-state index contributed by atoms with van der Waals surface area (Å²) in [6.07, 6.45) is -5.26. The van der Waals surface area contributed by atoms with E-state index in [1.165, 1.54) is 0 Å². The average molecular weight is 253 g/mol. The number of hydrogen-bond acceptors (Lipinski definition) is 1. The Kier molecular flexibility index (Phi) is 4.62. The van der Waals surface area contributed by atoms with Gasteiger partial charge in [-0.1, -0.05) is 29.8 Å². The minimum atomic E-state index is -4.20. The van der Waals surface area contributed by atoms with Crippen LogP contribution in [0.3, 0.4) is 0 Å². The van der Waals surface area contributed by atoms with Gasteiger partial charge in [-0.15, -0.1) is 0 Å². The second-order valence-corrected chi connectivity index (χ2v) is 3.96. The molecule has 1 unspecified atom stereocenters. The number of aliphatic hydroxyl groups is 1. The van der Waals surface area contributed by atoms with Crippen LogP contribution in [-0.4, -0.2) is 17.9 Å². The van der Waals surface area contributed by atoms with Crippen LogP contribution in [0.25, 0.3) is 0 Å². The third kappa shape index (κ3) is 4.02. The van der Waals surface area contributed by atoms with Gasteiger partial charge < -0.3 is 5.11 Å². The van der Waals surface area contributed by atoms with Crippen molar-refractivity contribution < 1.29 is 18.3 Å². The molecule has 1 nitrogen and oxygen atoms in total. The molecule has 1 N–H and O–H groups in total. The lowest BCUT2D eigenvalue weighted by molar-refractivity contribution is -0.136. The summed E-state index contributed by atoms with van der Waals surface area (Å²) in [5.74, 6) is -0.560. The van der Waals surface area contributed by atoms with E-state index in [9.17, 15) is 13.2 Å². The molecule has 0 spiro atoms. The molecule has 0 aliphatic heterocycles. The van der Waals surface area contributed by atoms with E-state index in [1.54, 1.807) is 24.3 Å². The summed E-state index contributed by atoms with van der Waals surface area (Å²) in [6.45, 7) is -0.334.